The van der Waals surface area contributed by atoms with Crippen LogP contribution in [0.25, 0.3) is 11.2 Å². The molecule has 1 amide bonds. The van der Waals surface area contributed by atoms with Crippen molar-refractivity contribution in [1.82, 2.24) is 24.4 Å². The van der Waals surface area contributed by atoms with Crippen LogP contribution in [0.1, 0.15) is 45.1 Å². The molecule has 10 heteroatoms. The molecule has 1 aliphatic heterocycles. The van der Waals surface area contributed by atoms with Gasteiger partial charge in [0.05, 0.1) is 13.2 Å². The van der Waals surface area contributed by atoms with E-state index in [0.717, 1.165) is 31.2 Å². The average molecular weight is 483 g/mol. The van der Waals surface area contributed by atoms with Crippen molar-refractivity contribution in [3.8, 4) is 12.0 Å². The first kappa shape index (κ1) is 24.6. The first-order valence-electron chi connectivity index (χ1n) is 12.2. The number of fused-ring (bicyclic) bond motifs is 1. The molecule has 1 saturated heterocycles. The van der Waals surface area contributed by atoms with Crippen molar-refractivity contribution in [3.63, 3.8) is 0 Å². The lowest BCUT2D eigenvalue weighted by molar-refractivity contribution is 0.0805. The smallest absolute Gasteiger partial charge is 0.410 e. The largest absolute Gasteiger partial charge is 0.468 e. The van der Waals surface area contributed by atoms with E-state index in [4.69, 9.17) is 19.9 Å². The van der Waals surface area contributed by atoms with Crippen molar-refractivity contribution in [2.45, 2.75) is 58.8 Å². The van der Waals surface area contributed by atoms with Crippen LogP contribution in [0.4, 0.5) is 10.6 Å². The summed E-state index contributed by atoms with van der Waals surface area (Å²) in [5.74, 6) is 0.584. The summed E-state index contributed by atoms with van der Waals surface area (Å²) in [6.07, 6.45) is 3.28. The Morgan fingerprint density at radius 1 is 1.17 bits per heavy atom. The highest BCUT2D eigenvalue weighted by molar-refractivity contribution is 5.83. The molecule has 3 heterocycles. The average Bonchev–Trinajstić information content (AvgIpc) is 3.21. The van der Waals surface area contributed by atoms with Gasteiger partial charge in [0.15, 0.2) is 17.0 Å². The Morgan fingerprint density at radius 3 is 2.60 bits per heavy atom. The molecule has 4 rings (SSSR count). The molecule has 35 heavy (non-hydrogen) atoms. The normalized spacial score (nSPS) is 15.2. The van der Waals surface area contributed by atoms with Crippen LogP contribution < -0.4 is 15.2 Å². The van der Waals surface area contributed by atoms with Crippen molar-refractivity contribution in [2.24, 2.45) is 5.92 Å². The van der Waals surface area contributed by atoms with Gasteiger partial charge in [0.25, 0.3) is 6.01 Å². The maximum atomic E-state index is 12.5. The van der Waals surface area contributed by atoms with E-state index in [9.17, 15) is 4.79 Å². The fraction of sp³-hybridized carbons (Fsp3) is 0.520. The number of carbonyl (C=O) groups excluding carboxylic acids is 1. The number of methoxy groups -OCH3 is 1. The Hall–Kier alpha value is -3.56. The summed E-state index contributed by atoms with van der Waals surface area (Å²) in [4.78, 5) is 27.7. The lowest BCUT2D eigenvalue weighted by atomic mass is 9.97. The number of imidazole rings is 1. The standard InChI is InChI=1S/C25H34N6O4/c1-4-8-17(2)35-23-28-21(26)20-22(29-23)31(24(27-20)33-3)15-18-11-13-30(14-12-18)25(32)34-16-19-9-6-5-7-10-19/h5-7,9-10,17-18H,4,8,11-16H2,1-3H3,(H2,26,28,29). The lowest BCUT2D eigenvalue weighted by Crippen LogP contribution is -2.39. The third-order valence-electron chi connectivity index (χ3n) is 6.27. The molecule has 3 aromatic rings. The van der Waals surface area contributed by atoms with E-state index in [2.05, 4.69) is 21.9 Å². The zero-order valence-corrected chi connectivity index (χ0v) is 20.6. The number of carbonyl (C=O) groups is 1. The number of likely N-dealkylation sites (tertiary alicyclic amines) is 1. The number of hydrogen-bond donors (Lipinski definition) is 1. The summed E-state index contributed by atoms with van der Waals surface area (Å²) in [7, 11) is 1.58. The molecule has 0 bridgehead atoms. The lowest BCUT2D eigenvalue weighted by Gasteiger charge is -2.31. The minimum atomic E-state index is -0.276. The number of anilines is 1. The van der Waals surface area contributed by atoms with Gasteiger partial charge in [0, 0.05) is 19.6 Å². The van der Waals surface area contributed by atoms with E-state index < -0.39 is 0 Å². The number of hydrogen-bond acceptors (Lipinski definition) is 8. The predicted octanol–water partition coefficient (Wildman–Crippen LogP) is 4.03. The zero-order valence-electron chi connectivity index (χ0n) is 20.6. The van der Waals surface area contributed by atoms with Crippen molar-refractivity contribution in [3.05, 3.63) is 35.9 Å². The second-order valence-electron chi connectivity index (χ2n) is 8.96. The van der Waals surface area contributed by atoms with Gasteiger partial charge < -0.3 is 24.8 Å². The van der Waals surface area contributed by atoms with Crippen molar-refractivity contribution in [2.75, 3.05) is 25.9 Å². The topological polar surface area (TPSA) is 118 Å². The van der Waals surface area contributed by atoms with Crippen molar-refractivity contribution < 1.29 is 19.0 Å². The first-order valence-corrected chi connectivity index (χ1v) is 12.2. The number of piperidine rings is 1. The number of ether oxygens (including phenoxy) is 3. The minimum absolute atomic E-state index is 0.0129. The molecule has 188 valence electrons. The number of aromatic nitrogens is 4. The molecule has 10 nitrogen and oxygen atoms in total. The number of nitrogen functional groups attached to an aromatic ring is 1. The van der Waals surface area contributed by atoms with E-state index in [1.807, 2.05) is 41.8 Å². The highest BCUT2D eigenvalue weighted by Gasteiger charge is 2.27. The van der Waals surface area contributed by atoms with Gasteiger partial charge in [-0.15, -0.1) is 0 Å². The van der Waals surface area contributed by atoms with Crippen molar-refractivity contribution >= 4 is 23.1 Å². The molecule has 2 aromatic heterocycles. The second kappa shape index (κ2) is 11.2. The van der Waals surface area contributed by atoms with Gasteiger partial charge in [-0.25, -0.2) is 4.79 Å². The van der Waals surface area contributed by atoms with Gasteiger partial charge in [-0.05, 0) is 37.7 Å². The quantitative estimate of drug-likeness (QED) is 0.486. The molecule has 1 aliphatic rings. The Bertz CT molecular complexity index is 1130. The monoisotopic (exact) mass is 482 g/mol. The van der Waals surface area contributed by atoms with Gasteiger partial charge in [-0.2, -0.15) is 15.0 Å². The first-order chi connectivity index (χ1) is 17.0. The minimum Gasteiger partial charge on any atom is -0.468 e. The summed E-state index contributed by atoms with van der Waals surface area (Å²) in [5, 5.41) is 0. The van der Waals surface area contributed by atoms with Gasteiger partial charge in [-0.1, -0.05) is 43.7 Å². The molecule has 0 saturated carbocycles. The van der Waals surface area contributed by atoms with Crippen LogP contribution >= 0.6 is 0 Å². The molecular weight excluding hydrogens is 448 g/mol. The third kappa shape index (κ3) is 5.93. The molecule has 1 fully saturated rings. The van der Waals surface area contributed by atoms with Gasteiger partial charge in [0.2, 0.25) is 0 Å². The Kier molecular flexibility index (Phi) is 7.89. The molecule has 1 unspecified atom stereocenters. The number of nitrogens with zero attached hydrogens (tertiary/aromatic N) is 5. The van der Waals surface area contributed by atoms with E-state index in [1.165, 1.54) is 0 Å². The fourth-order valence-corrected chi connectivity index (χ4v) is 4.37. The van der Waals surface area contributed by atoms with Gasteiger partial charge in [-0.3, -0.25) is 4.57 Å². The summed E-state index contributed by atoms with van der Waals surface area (Å²) < 4.78 is 18.8. The van der Waals surface area contributed by atoms with Crippen LogP contribution in [0.15, 0.2) is 30.3 Å². The zero-order chi connectivity index (χ0) is 24.8. The summed E-state index contributed by atoms with van der Waals surface area (Å²) >= 11 is 0. The number of amides is 1. The SMILES string of the molecule is CCCC(C)Oc1nc(N)c2nc(OC)n(CC3CCN(C(=O)OCc4ccccc4)CC3)c2n1. The maximum Gasteiger partial charge on any atom is 0.410 e. The third-order valence-corrected chi connectivity index (χ3v) is 6.27. The highest BCUT2D eigenvalue weighted by Crippen LogP contribution is 2.29. The number of rotatable bonds is 9. The maximum absolute atomic E-state index is 12.5. The number of benzene rings is 1. The summed E-state index contributed by atoms with van der Waals surface area (Å²) in [5.41, 5.74) is 8.25. The second-order valence-corrected chi connectivity index (χ2v) is 8.96. The Morgan fingerprint density at radius 2 is 1.91 bits per heavy atom. The molecule has 0 radical (unpaired) electrons. The molecule has 1 atom stereocenters. The molecular formula is C25H34N6O4. The predicted molar refractivity (Wildman–Crippen MR) is 132 cm³/mol. The molecule has 1 aromatic carbocycles. The van der Waals surface area contributed by atoms with E-state index in [-0.39, 0.29) is 30.6 Å². The van der Waals surface area contributed by atoms with E-state index >= 15 is 0 Å². The van der Waals surface area contributed by atoms with Crippen LogP contribution in [-0.2, 0) is 17.9 Å². The summed E-state index contributed by atoms with van der Waals surface area (Å²) in [6, 6.07) is 10.4. The Labute approximate surface area is 205 Å². The summed E-state index contributed by atoms with van der Waals surface area (Å²) in [6.45, 7) is 6.28. The molecule has 0 spiro atoms. The van der Waals surface area contributed by atoms with Crippen LogP contribution in [0.5, 0.6) is 12.0 Å². The van der Waals surface area contributed by atoms with Crippen LogP contribution in [0, 0.1) is 5.92 Å². The molecule has 2 N–H and O–H groups in total. The van der Waals surface area contributed by atoms with Gasteiger partial charge in [0.1, 0.15) is 6.61 Å². The van der Waals surface area contributed by atoms with Crippen LogP contribution in [0.2, 0.25) is 0 Å². The van der Waals surface area contributed by atoms with E-state index in [0.29, 0.717) is 42.7 Å². The fourth-order valence-electron chi connectivity index (χ4n) is 4.37. The van der Waals surface area contributed by atoms with E-state index in [1.54, 1.807) is 12.0 Å². The van der Waals surface area contributed by atoms with Crippen LogP contribution in [0.3, 0.4) is 0 Å². The van der Waals surface area contributed by atoms with Crippen LogP contribution in [-0.4, -0.2) is 56.8 Å². The number of nitrogens with two attached hydrogens (primary N) is 1. The Balaban J connectivity index is 1.41. The highest BCUT2D eigenvalue weighted by atomic mass is 16.6. The molecule has 0 aliphatic carbocycles. The van der Waals surface area contributed by atoms with Crippen molar-refractivity contribution in [1.29, 1.82) is 0 Å². The van der Waals surface area contributed by atoms with Gasteiger partial charge >= 0.3 is 12.1 Å².